The smallest absolute Gasteiger partial charge is 0.247 e. The molecule has 0 bridgehead atoms. The van der Waals surface area contributed by atoms with Gasteiger partial charge in [-0.25, -0.2) is 4.98 Å². The Kier molecular flexibility index (Phi) is 2.68. The molecule has 0 saturated carbocycles. The molecule has 2 aromatic heterocycles. The van der Waals surface area contributed by atoms with Crippen molar-refractivity contribution in [2.24, 2.45) is 0 Å². The molecule has 4 heteroatoms. The predicted molar refractivity (Wildman–Crippen MR) is 62.3 cm³/mol. The normalized spacial score (nSPS) is 10.5. The fraction of sp³-hybridized carbons (Fsp3) is 0.273. The van der Waals surface area contributed by atoms with Gasteiger partial charge in [-0.2, -0.15) is 0 Å². The molecule has 0 atom stereocenters. The van der Waals surface area contributed by atoms with E-state index in [-0.39, 0.29) is 5.56 Å². The van der Waals surface area contributed by atoms with Gasteiger partial charge in [0.1, 0.15) is 5.01 Å². The Balaban J connectivity index is 2.45. The largest absolute Gasteiger partial charge is 0.328 e. The van der Waals surface area contributed by atoms with Crippen molar-refractivity contribution in [3.05, 3.63) is 39.3 Å². The molecule has 0 aromatic carbocycles. The summed E-state index contributed by atoms with van der Waals surface area (Å²) in [7, 11) is 0. The number of hydrogen-bond acceptors (Lipinski definition) is 3. The van der Waals surface area contributed by atoms with E-state index >= 15 is 0 Å². The van der Waals surface area contributed by atoms with Crippen LogP contribution in [0.4, 0.5) is 0 Å². The molecule has 0 aliphatic heterocycles. The maximum absolute atomic E-state index is 10.9. The minimum Gasteiger partial charge on any atom is -0.328 e. The predicted octanol–water partition coefficient (Wildman–Crippen LogP) is 2.37. The van der Waals surface area contributed by atoms with Gasteiger partial charge in [0.05, 0.1) is 5.69 Å². The first kappa shape index (κ1) is 10.1. The summed E-state index contributed by atoms with van der Waals surface area (Å²) in [5, 5.41) is 0.973. The SMILES string of the molecule is CCc1nc(-c2ccc(=O)[nH]c2)sc1C. The van der Waals surface area contributed by atoms with E-state index in [4.69, 9.17) is 0 Å². The maximum Gasteiger partial charge on any atom is 0.247 e. The third kappa shape index (κ3) is 1.99. The average Bonchev–Trinajstić information content (AvgIpc) is 2.61. The van der Waals surface area contributed by atoms with Crippen molar-refractivity contribution < 1.29 is 0 Å². The van der Waals surface area contributed by atoms with Gasteiger partial charge in [-0.15, -0.1) is 11.3 Å². The van der Waals surface area contributed by atoms with Crippen molar-refractivity contribution in [3.63, 3.8) is 0 Å². The molecular formula is C11H12N2OS. The van der Waals surface area contributed by atoms with E-state index in [9.17, 15) is 4.79 Å². The lowest BCUT2D eigenvalue weighted by molar-refractivity contribution is 1.05. The van der Waals surface area contributed by atoms with Crippen LogP contribution in [0.2, 0.25) is 0 Å². The zero-order valence-corrected chi connectivity index (χ0v) is 9.52. The highest BCUT2D eigenvalue weighted by Crippen LogP contribution is 2.26. The molecule has 0 saturated heterocycles. The number of pyridine rings is 1. The summed E-state index contributed by atoms with van der Waals surface area (Å²) >= 11 is 1.66. The highest BCUT2D eigenvalue weighted by atomic mass is 32.1. The molecule has 2 heterocycles. The topological polar surface area (TPSA) is 45.8 Å². The monoisotopic (exact) mass is 220 g/mol. The molecule has 0 aliphatic rings. The van der Waals surface area contributed by atoms with Gasteiger partial charge in [0.15, 0.2) is 0 Å². The summed E-state index contributed by atoms with van der Waals surface area (Å²) in [5.74, 6) is 0. The van der Waals surface area contributed by atoms with Gasteiger partial charge >= 0.3 is 0 Å². The van der Waals surface area contributed by atoms with Gasteiger partial charge in [-0.05, 0) is 19.4 Å². The summed E-state index contributed by atoms with van der Waals surface area (Å²) in [6.07, 6.45) is 2.66. The van der Waals surface area contributed by atoms with Crippen LogP contribution in [0, 0.1) is 6.92 Å². The molecule has 1 N–H and O–H groups in total. The first-order valence-corrected chi connectivity index (χ1v) is 5.67. The number of aromatic amines is 1. The summed E-state index contributed by atoms with van der Waals surface area (Å²) in [5.41, 5.74) is 2.03. The van der Waals surface area contributed by atoms with E-state index < -0.39 is 0 Å². The zero-order valence-electron chi connectivity index (χ0n) is 8.70. The van der Waals surface area contributed by atoms with E-state index in [1.165, 1.54) is 10.9 Å². The van der Waals surface area contributed by atoms with Crippen LogP contribution in [0.25, 0.3) is 10.6 Å². The van der Waals surface area contributed by atoms with Crippen molar-refractivity contribution in [1.82, 2.24) is 9.97 Å². The molecule has 2 rings (SSSR count). The van der Waals surface area contributed by atoms with Gasteiger partial charge in [0.25, 0.3) is 0 Å². The molecule has 0 radical (unpaired) electrons. The molecule has 0 aliphatic carbocycles. The van der Waals surface area contributed by atoms with Crippen molar-refractivity contribution >= 4 is 11.3 Å². The highest BCUT2D eigenvalue weighted by molar-refractivity contribution is 7.15. The first-order chi connectivity index (χ1) is 7.20. The second-order valence-corrected chi connectivity index (χ2v) is 4.52. The lowest BCUT2D eigenvalue weighted by Gasteiger charge is -1.93. The third-order valence-corrected chi connectivity index (χ3v) is 3.32. The van der Waals surface area contributed by atoms with Gasteiger partial charge in [0, 0.05) is 22.7 Å². The summed E-state index contributed by atoms with van der Waals surface area (Å²) in [4.78, 5) is 19.3. The standard InChI is InChI=1S/C11H12N2OS/c1-3-9-7(2)15-11(13-9)8-4-5-10(14)12-6-8/h4-6H,3H2,1-2H3,(H,12,14). The fourth-order valence-electron chi connectivity index (χ4n) is 1.42. The van der Waals surface area contributed by atoms with E-state index in [0.29, 0.717) is 0 Å². The Hall–Kier alpha value is -1.42. The maximum atomic E-state index is 10.9. The highest BCUT2D eigenvalue weighted by Gasteiger charge is 2.07. The third-order valence-electron chi connectivity index (χ3n) is 2.26. The second kappa shape index (κ2) is 3.98. The molecule has 0 fully saturated rings. The Morgan fingerprint density at radius 1 is 1.47 bits per heavy atom. The van der Waals surface area contributed by atoms with Crippen LogP contribution in [0.3, 0.4) is 0 Å². The van der Waals surface area contributed by atoms with Crippen LogP contribution in [-0.2, 0) is 6.42 Å². The second-order valence-electron chi connectivity index (χ2n) is 3.32. The Bertz CT molecular complexity index is 507. The Morgan fingerprint density at radius 3 is 2.80 bits per heavy atom. The molecule has 0 unspecified atom stereocenters. The van der Waals surface area contributed by atoms with E-state index in [1.807, 2.05) is 0 Å². The summed E-state index contributed by atoms with van der Waals surface area (Å²) < 4.78 is 0. The summed E-state index contributed by atoms with van der Waals surface area (Å²) in [6, 6.07) is 3.33. The molecule has 3 nitrogen and oxygen atoms in total. The van der Waals surface area contributed by atoms with Crippen LogP contribution in [0.1, 0.15) is 17.5 Å². The zero-order chi connectivity index (χ0) is 10.8. The molecule has 2 aromatic rings. The van der Waals surface area contributed by atoms with Crippen LogP contribution in [-0.4, -0.2) is 9.97 Å². The number of aryl methyl sites for hydroxylation is 2. The van der Waals surface area contributed by atoms with Gasteiger partial charge in [0.2, 0.25) is 5.56 Å². The number of hydrogen-bond donors (Lipinski definition) is 1. The fourth-order valence-corrected chi connectivity index (χ4v) is 2.42. The number of H-pyrrole nitrogens is 1. The van der Waals surface area contributed by atoms with E-state index in [1.54, 1.807) is 23.6 Å². The van der Waals surface area contributed by atoms with Gasteiger partial charge in [-0.3, -0.25) is 4.79 Å². The van der Waals surface area contributed by atoms with E-state index in [2.05, 4.69) is 23.8 Å². The minimum atomic E-state index is -0.0808. The molecule has 0 spiro atoms. The molecule has 15 heavy (non-hydrogen) atoms. The van der Waals surface area contributed by atoms with Crippen LogP contribution < -0.4 is 5.56 Å². The number of aromatic nitrogens is 2. The van der Waals surface area contributed by atoms with Crippen molar-refractivity contribution in [3.8, 4) is 10.6 Å². The Labute approximate surface area is 91.8 Å². The van der Waals surface area contributed by atoms with Crippen LogP contribution >= 0.6 is 11.3 Å². The summed E-state index contributed by atoms with van der Waals surface area (Å²) in [6.45, 7) is 4.17. The number of thiazole rings is 1. The number of nitrogens with one attached hydrogen (secondary N) is 1. The van der Waals surface area contributed by atoms with Crippen LogP contribution in [0.15, 0.2) is 23.1 Å². The van der Waals surface area contributed by atoms with Crippen molar-refractivity contribution in [1.29, 1.82) is 0 Å². The number of nitrogens with zero attached hydrogens (tertiary/aromatic N) is 1. The van der Waals surface area contributed by atoms with Gasteiger partial charge in [-0.1, -0.05) is 6.92 Å². The Morgan fingerprint density at radius 2 is 2.27 bits per heavy atom. The van der Waals surface area contributed by atoms with Gasteiger partial charge < -0.3 is 4.98 Å². The van der Waals surface area contributed by atoms with Crippen molar-refractivity contribution in [2.75, 3.05) is 0 Å². The average molecular weight is 220 g/mol. The molecule has 78 valence electrons. The first-order valence-electron chi connectivity index (χ1n) is 4.86. The number of rotatable bonds is 2. The van der Waals surface area contributed by atoms with Crippen molar-refractivity contribution in [2.45, 2.75) is 20.3 Å². The van der Waals surface area contributed by atoms with Crippen LogP contribution in [0.5, 0.6) is 0 Å². The molecular weight excluding hydrogens is 208 g/mol. The quantitative estimate of drug-likeness (QED) is 0.844. The van der Waals surface area contributed by atoms with E-state index in [0.717, 1.165) is 22.7 Å². The molecule has 0 amide bonds. The lowest BCUT2D eigenvalue weighted by Crippen LogP contribution is -2.01. The minimum absolute atomic E-state index is 0.0808. The lowest BCUT2D eigenvalue weighted by atomic mass is 10.3.